The maximum atomic E-state index is 4.31. The first-order valence-electron chi connectivity index (χ1n) is 7.30. The van der Waals surface area contributed by atoms with Gasteiger partial charge in [-0.2, -0.15) is 0 Å². The first-order chi connectivity index (χ1) is 9.28. The number of nitrogens with zero attached hydrogens (tertiary/aromatic N) is 1. The second-order valence-electron chi connectivity index (χ2n) is 5.85. The van der Waals surface area contributed by atoms with Crippen LogP contribution in [0.15, 0.2) is 29.3 Å². The molecule has 1 aromatic rings. The predicted molar refractivity (Wildman–Crippen MR) is 79.5 cm³/mol. The Kier molecular flexibility index (Phi) is 3.45. The summed E-state index contributed by atoms with van der Waals surface area (Å²) in [5.74, 6) is 2.50. The molecule has 0 radical (unpaired) electrons. The number of aliphatic imine (C=N–C) groups is 1. The largest absolute Gasteiger partial charge is 0.356 e. The van der Waals surface area contributed by atoms with Gasteiger partial charge in [-0.25, -0.2) is 0 Å². The van der Waals surface area contributed by atoms with Crippen molar-refractivity contribution in [3.8, 4) is 0 Å². The molecule has 1 aromatic carbocycles. The third kappa shape index (κ3) is 3.09. The molecule has 3 nitrogen and oxygen atoms in total. The SMILES string of the molecule is CN=C(NCC1CC1)NC1CC1c1ccccc1C. The van der Waals surface area contributed by atoms with Crippen molar-refractivity contribution >= 4 is 5.96 Å². The second-order valence-corrected chi connectivity index (χ2v) is 5.85. The van der Waals surface area contributed by atoms with E-state index in [9.17, 15) is 0 Å². The Balaban J connectivity index is 1.53. The number of guanidine groups is 1. The number of hydrogen-bond acceptors (Lipinski definition) is 1. The third-order valence-electron chi connectivity index (χ3n) is 4.18. The van der Waals surface area contributed by atoms with E-state index in [1.807, 2.05) is 7.05 Å². The molecular formula is C16H23N3. The van der Waals surface area contributed by atoms with Crippen molar-refractivity contribution in [1.82, 2.24) is 10.6 Å². The monoisotopic (exact) mass is 257 g/mol. The molecule has 0 spiro atoms. The zero-order valence-corrected chi connectivity index (χ0v) is 11.8. The Morgan fingerprint density at radius 3 is 2.79 bits per heavy atom. The topological polar surface area (TPSA) is 36.4 Å². The summed E-state index contributed by atoms with van der Waals surface area (Å²) in [6.45, 7) is 3.27. The molecule has 0 aromatic heterocycles. The summed E-state index contributed by atoms with van der Waals surface area (Å²) in [5.41, 5.74) is 2.88. The van der Waals surface area contributed by atoms with Gasteiger partial charge in [0.15, 0.2) is 5.96 Å². The van der Waals surface area contributed by atoms with Gasteiger partial charge in [-0.3, -0.25) is 4.99 Å². The van der Waals surface area contributed by atoms with E-state index in [4.69, 9.17) is 0 Å². The molecule has 0 heterocycles. The minimum Gasteiger partial charge on any atom is -0.356 e. The lowest BCUT2D eigenvalue weighted by Gasteiger charge is -2.12. The van der Waals surface area contributed by atoms with Gasteiger partial charge in [-0.15, -0.1) is 0 Å². The molecule has 2 fully saturated rings. The third-order valence-corrected chi connectivity index (χ3v) is 4.18. The van der Waals surface area contributed by atoms with Gasteiger partial charge >= 0.3 is 0 Å². The summed E-state index contributed by atoms with van der Waals surface area (Å²) in [5, 5.41) is 6.97. The van der Waals surface area contributed by atoms with E-state index >= 15 is 0 Å². The quantitative estimate of drug-likeness (QED) is 0.642. The highest BCUT2D eigenvalue weighted by molar-refractivity contribution is 5.80. The van der Waals surface area contributed by atoms with Crippen molar-refractivity contribution in [2.75, 3.05) is 13.6 Å². The fourth-order valence-electron chi connectivity index (χ4n) is 2.63. The fraction of sp³-hybridized carbons (Fsp3) is 0.562. The molecule has 3 heteroatoms. The van der Waals surface area contributed by atoms with Crippen LogP contribution in [-0.2, 0) is 0 Å². The first-order valence-corrected chi connectivity index (χ1v) is 7.30. The summed E-state index contributed by atoms with van der Waals surface area (Å²) in [7, 11) is 1.85. The van der Waals surface area contributed by atoms with Gasteiger partial charge in [0.25, 0.3) is 0 Å². The lowest BCUT2D eigenvalue weighted by Crippen LogP contribution is -2.39. The number of rotatable bonds is 4. The maximum Gasteiger partial charge on any atom is 0.191 e. The smallest absolute Gasteiger partial charge is 0.191 e. The maximum absolute atomic E-state index is 4.31. The molecule has 19 heavy (non-hydrogen) atoms. The average Bonchev–Trinajstić information content (AvgIpc) is 3.31. The van der Waals surface area contributed by atoms with Crippen molar-refractivity contribution in [2.45, 2.75) is 38.1 Å². The summed E-state index contributed by atoms with van der Waals surface area (Å²) in [4.78, 5) is 4.31. The van der Waals surface area contributed by atoms with E-state index < -0.39 is 0 Å². The van der Waals surface area contributed by atoms with Gasteiger partial charge in [0, 0.05) is 25.6 Å². The summed E-state index contributed by atoms with van der Waals surface area (Å²) in [6.07, 6.45) is 3.97. The summed E-state index contributed by atoms with van der Waals surface area (Å²) in [6, 6.07) is 9.25. The number of nitrogens with one attached hydrogen (secondary N) is 2. The van der Waals surface area contributed by atoms with Crippen LogP contribution in [-0.4, -0.2) is 25.6 Å². The van der Waals surface area contributed by atoms with Gasteiger partial charge in [0.1, 0.15) is 0 Å². The highest BCUT2D eigenvalue weighted by Crippen LogP contribution is 2.42. The van der Waals surface area contributed by atoms with Crippen LogP contribution in [0.2, 0.25) is 0 Å². The van der Waals surface area contributed by atoms with Crippen LogP contribution in [0.3, 0.4) is 0 Å². The minimum atomic E-state index is 0.548. The van der Waals surface area contributed by atoms with E-state index in [1.165, 1.54) is 30.4 Å². The van der Waals surface area contributed by atoms with E-state index in [0.717, 1.165) is 18.4 Å². The van der Waals surface area contributed by atoms with Gasteiger partial charge in [0.05, 0.1) is 0 Å². The lowest BCUT2D eigenvalue weighted by atomic mass is 10.0. The molecular weight excluding hydrogens is 234 g/mol. The Labute approximate surface area is 115 Å². The molecule has 2 unspecified atom stereocenters. The summed E-state index contributed by atoms with van der Waals surface area (Å²) < 4.78 is 0. The molecule has 0 aliphatic heterocycles. The van der Waals surface area contributed by atoms with Crippen molar-refractivity contribution in [3.05, 3.63) is 35.4 Å². The molecule has 2 atom stereocenters. The van der Waals surface area contributed by atoms with E-state index in [2.05, 4.69) is 46.8 Å². The number of benzene rings is 1. The van der Waals surface area contributed by atoms with Gasteiger partial charge in [-0.05, 0) is 43.2 Å². The highest BCUT2D eigenvalue weighted by Gasteiger charge is 2.39. The van der Waals surface area contributed by atoms with E-state index in [1.54, 1.807) is 0 Å². The lowest BCUT2D eigenvalue weighted by molar-refractivity contribution is 0.731. The Morgan fingerprint density at radius 2 is 2.11 bits per heavy atom. The van der Waals surface area contributed by atoms with Crippen LogP contribution in [0.1, 0.15) is 36.3 Å². The minimum absolute atomic E-state index is 0.548. The average molecular weight is 257 g/mol. The number of aryl methyl sites for hydroxylation is 1. The molecule has 2 saturated carbocycles. The number of hydrogen-bond donors (Lipinski definition) is 2. The van der Waals surface area contributed by atoms with Crippen LogP contribution in [0, 0.1) is 12.8 Å². The zero-order chi connectivity index (χ0) is 13.2. The van der Waals surface area contributed by atoms with Gasteiger partial charge < -0.3 is 10.6 Å². The molecule has 3 rings (SSSR count). The van der Waals surface area contributed by atoms with Crippen molar-refractivity contribution in [1.29, 1.82) is 0 Å². The van der Waals surface area contributed by atoms with Crippen LogP contribution < -0.4 is 10.6 Å². The summed E-state index contributed by atoms with van der Waals surface area (Å²) >= 11 is 0. The molecule has 2 aliphatic rings. The molecule has 2 N–H and O–H groups in total. The fourth-order valence-corrected chi connectivity index (χ4v) is 2.63. The standard InChI is InChI=1S/C16H23N3/c1-11-5-3-4-6-13(11)14-9-15(14)19-16(17-2)18-10-12-7-8-12/h3-6,12,14-15H,7-10H2,1-2H3,(H2,17,18,19). The van der Waals surface area contributed by atoms with Gasteiger partial charge in [-0.1, -0.05) is 24.3 Å². The molecule has 0 bridgehead atoms. The Bertz CT molecular complexity index is 477. The normalized spacial score (nSPS) is 26.1. The predicted octanol–water partition coefficient (Wildman–Crippen LogP) is 2.43. The second kappa shape index (κ2) is 5.24. The van der Waals surface area contributed by atoms with Gasteiger partial charge in [0.2, 0.25) is 0 Å². The van der Waals surface area contributed by atoms with Crippen molar-refractivity contribution in [2.24, 2.45) is 10.9 Å². The van der Waals surface area contributed by atoms with Crippen LogP contribution in [0.5, 0.6) is 0 Å². The molecule has 2 aliphatic carbocycles. The van der Waals surface area contributed by atoms with E-state index in [-0.39, 0.29) is 0 Å². The zero-order valence-electron chi connectivity index (χ0n) is 11.8. The van der Waals surface area contributed by atoms with Crippen LogP contribution in [0.4, 0.5) is 0 Å². The highest BCUT2D eigenvalue weighted by atomic mass is 15.2. The Hall–Kier alpha value is -1.51. The Morgan fingerprint density at radius 1 is 1.32 bits per heavy atom. The first kappa shape index (κ1) is 12.5. The van der Waals surface area contributed by atoms with Crippen molar-refractivity contribution < 1.29 is 0 Å². The molecule has 0 saturated heterocycles. The van der Waals surface area contributed by atoms with Crippen LogP contribution >= 0.6 is 0 Å². The molecule has 102 valence electrons. The van der Waals surface area contributed by atoms with Crippen molar-refractivity contribution in [3.63, 3.8) is 0 Å². The van der Waals surface area contributed by atoms with E-state index in [0.29, 0.717) is 12.0 Å². The molecule has 0 amide bonds. The van der Waals surface area contributed by atoms with Crippen LogP contribution in [0.25, 0.3) is 0 Å².